The Balaban J connectivity index is 1.53. The summed E-state index contributed by atoms with van der Waals surface area (Å²) in [6.45, 7) is 0.443. The summed E-state index contributed by atoms with van der Waals surface area (Å²) in [6, 6.07) is 20.2. The van der Waals surface area contributed by atoms with E-state index in [2.05, 4.69) is 24.3 Å². The molecule has 2 aromatic rings. The van der Waals surface area contributed by atoms with Crippen molar-refractivity contribution < 1.29 is 14.3 Å². The minimum absolute atomic E-state index is 0.222. The minimum atomic E-state index is -0.649. The highest BCUT2D eigenvalue weighted by Gasteiger charge is 1.99. The lowest BCUT2D eigenvalue weighted by Crippen LogP contribution is -2.07. The second-order valence-electron chi connectivity index (χ2n) is 5.19. The van der Waals surface area contributed by atoms with Crippen molar-refractivity contribution in [1.29, 1.82) is 0 Å². The summed E-state index contributed by atoms with van der Waals surface area (Å²) in [6.07, 6.45) is 8.58. The molecule has 0 bridgehead atoms. The average Bonchev–Trinajstić information content (AvgIpc) is 2.63. The van der Waals surface area contributed by atoms with Crippen LogP contribution in [0.5, 0.6) is 0 Å². The first-order valence-electron chi connectivity index (χ1n) is 8.02. The van der Waals surface area contributed by atoms with Crippen molar-refractivity contribution in [3.8, 4) is 0 Å². The summed E-state index contributed by atoms with van der Waals surface area (Å²) in [5.41, 5.74) is 2.44. The van der Waals surface area contributed by atoms with Crippen LogP contribution in [0.2, 0.25) is 0 Å². The van der Waals surface area contributed by atoms with Gasteiger partial charge in [0.2, 0.25) is 0 Å². The molecule has 0 amide bonds. The van der Waals surface area contributed by atoms with Gasteiger partial charge in [0.15, 0.2) is 0 Å². The normalized spacial score (nSPS) is 11.0. The fourth-order valence-corrected chi connectivity index (χ4v) is 2.08. The molecule has 0 aliphatic carbocycles. The standard InChI is InChI=1S/C21H22O3/c22-21(23-17-9-7-15-19-11-3-1-4-12-19)24-18-10-8-16-20-13-5-2-6-14-20/h1-14H,15-18H2. The maximum Gasteiger partial charge on any atom is 0.508 e. The Bertz CT molecular complexity index is 588. The summed E-state index contributed by atoms with van der Waals surface area (Å²) < 4.78 is 9.93. The van der Waals surface area contributed by atoms with E-state index in [1.165, 1.54) is 11.1 Å². The minimum Gasteiger partial charge on any atom is -0.430 e. The molecule has 0 fully saturated rings. The van der Waals surface area contributed by atoms with Crippen molar-refractivity contribution in [3.05, 3.63) is 96.1 Å². The van der Waals surface area contributed by atoms with Gasteiger partial charge in [-0.15, -0.1) is 0 Å². The number of allylic oxidation sites excluding steroid dienone is 2. The van der Waals surface area contributed by atoms with Gasteiger partial charge in [-0.1, -0.05) is 85.0 Å². The molecule has 0 N–H and O–H groups in total. The zero-order chi connectivity index (χ0) is 16.9. The lowest BCUT2D eigenvalue weighted by Gasteiger charge is -2.01. The summed E-state index contributed by atoms with van der Waals surface area (Å²) in [4.78, 5) is 11.4. The fraction of sp³-hybridized carbons (Fsp3) is 0.190. The van der Waals surface area contributed by atoms with Crippen LogP contribution in [0.25, 0.3) is 0 Å². The van der Waals surface area contributed by atoms with E-state index >= 15 is 0 Å². The number of hydrogen-bond donors (Lipinski definition) is 0. The van der Waals surface area contributed by atoms with Gasteiger partial charge >= 0.3 is 6.16 Å². The largest absolute Gasteiger partial charge is 0.508 e. The van der Waals surface area contributed by atoms with E-state index in [1.807, 2.05) is 60.7 Å². The van der Waals surface area contributed by atoms with Gasteiger partial charge in [0.05, 0.1) is 0 Å². The Labute approximate surface area is 143 Å². The zero-order valence-electron chi connectivity index (χ0n) is 13.6. The van der Waals surface area contributed by atoms with Gasteiger partial charge < -0.3 is 9.47 Å². The number of benzene rings is 2. The van der Waals surface area contributed by atoms with Crippen LogP contribution in [0.1, 0.15) is 11.1 Å². The number of carbonyl (C=O) groups excluding carboxylic acids is 1. The van der Waals surface area contributed by atoms with Crippen molar-refractivity contribution >= 4 is 6.16 Å². The molecule has 0 aliphatic rings. The maximum atomic E-state index is 11.4. The van der Waals surface area contributed by atoms with Gasteiger partial charge in [0, 0.05) is 0 Å². The molecule has 0 atom stereocenters. The molecular weight excluding hydrogens is 300 g/mol. The van der Waals surface area contributed by atoms with Gasteiger partial charge in [-0.3, -0.25) is 0 Å². The molecule has 0 heterocycles. The van der Waals surface area contributed by atoms with E-state index in [-0.39, 0.29) is 13.2 Å². The van der Waals surface area contributed by atoms with Crippen LogP contribution in [-0.4, -0.2) is 19.4 Å². The Morgan fingerprint density at radius 1 is 0.667 bits per heavy atom. The predicted molar refractivity (Wildman–Crippen MR) is 95.9 cm³/mol. The van der Waals surface area contributed by atoms with Crippen LogP contribution in [0, 0.1) is 0 Å². The molecule has 0 unspecified atom stereocenters. The summed E-state index contributed by atoms with van der Waals surface area (Å²) >= 11 is 0. The second-order valence-corrected chi connectivity index (χ2v) is 5.19. The fourth-order valence-electron chi connectivity index (χ4n) is 2.08. The lowest BCUT2D eigenvalue weighted by molar-refractivity contribution is 0.0717. The molecule has 2 rings (SSSR count). The van der Waals surface area contributed by atoms with E-state index in [0.29, 0.717) is 0 Å². The van der Waals surface area contributed by atoms with E-state index in [1.54, 1.807) is 0 Å². The molecule has 0 saturated carbocycles. The molecule has 3 nitrogen and oxygen atoms in total. The van der Waals surface area contributed by atoms with E-state index in [9.17, 15) is 4.79 Å². The summed E-state index contributed by atoms with van der Waals surface area (Å²) in [7, 11) is 0. The van der Waals surface area contributed by atoms with Crippen molar-refractivity contribution in [2.24, 2.45) is 0 Å². The third kappa shape index (κ3) is 7.45. The Hall–Kier alpha value is -2.81. The topological polar surface area (TPSA) is 35.5 Å². The van der Waals surface area contributed by atoms with Crippen molar-refractivity contribution in [3.63, 3.8) is 0 Å². The molecular formula is C21H22O3. The number of carbonyl (C=O) groups is 1. The SMILES string of the molecule is O=C(OCC=CCc1ccccc1)OCC=CCc1ccccc1. The number of ether oxygens (including phenoxy) is 2. The van der Waals surface area contributed by atoms with Gasteiger partial charge in [-0.2, -0.15) is 0 Å². The van der Waals surface area contributed by atoms with Crippen molar-refractivity contribution in [2.75, 3.05) is 13.2 Å². The molecule has 0 radical (unpaired) electrons. The van der Waals surface area contributed by atoms with Crippen LogP contribution < -0.4 is 0 Å². The second kappa shape index (κ2) is 10.8. The third-order valence-electron chi connectivity index (χ3n) is 3.32. The molecule has 3 heteroatoms. The average molecular weight is 322 g/mol. The monoisotopic (exact) mass is 322 g/mol. The van der Waals surface area contributed by atoms with Crippen LogP contribution in [0.4, 0.5) is 4.79 Å². The van der Waals surface area contributed by atoms with E-state index in [0.717, 1.165) is 12.8 Å². The first-order chi connectivity index (χ1) is 11.8. The third-order valence-corrected chi connectivity index (χ3v) is 3.32. The Morgan fingerprint density at radius 3 is 1.50 bits per heavy atom. The molecule has 24 heavy (non-hydrogen) atoms. The van der Waals surface area contributed by atoms with Gasteiger partial charge in [0.25, 0.3) is 0 Å². The van der Waals surface area contributed by atoms with Crippen LogP contribution in [-0.2, 0) is 22.3 Å². The Kier molecular flexibility index (Phi) is 7.92. The molecule has 0 spiro atoms. The highest BCUT2D eigenvalue weighted by molar-refractivity contribution is 5.60. The molecule has 0 aromatic heterocycles. The quantitative estimate of drug-likeness (QED) is 0.520. The lowest BCUT2D eigenvalue weighted by atomic mass is 10.1. The number of rotatable bonds is 8. The van der Waals surface area contributed by atoms with Crippen LogP contribution in [0.3, 0.4) is 0 Å². The zero-order valence-corrected chi connectivity index (χ0v) is 13.6. The first kappa shape index (κ1) is 17.5. The Morgan fingerprint density at radius 2 is 1.08 bits per heavy atom. The van der Waals surface area contributed by atoms with Crippen molar-refractivity contribution in [2.45, 2.75) is 12.8 Å². The maximum absolute atomic E-state index is 11.4. The summed E-state index contributed by atoms with van der Waals surface area (Å²) in [5, 5.41) is 0. The predicted octanol–water partition coefficient (Wildman–Crippen LogP) is 4.74. The van der Waals surface area contributed by atoms with Crippen LogP contribution in [0.15, 0.2) is 85.0 Å². The summed E-state index contributed by atoms with van der Waals surface area (Å²) in [5.74, 6) is 0. The van der Waals surface area contributed by atoms with E-state index < -0.39 is 6.16 Å². The highest BCUT2D eigenvalue weighted by atomic mass is 16.7. The smallest absolute Gasteiger partial charge is 0.430 e. The highest BCUT2D eigenvalue weighted by Crippen LogP contribution is 2.01. The van der Waals surface area contributed by atoms with E-state index in [4.69, 9.17) is 9.47 Å². The van der Waals surface area contributed by atoms with Gasteiger partial charge in [0.1, 0.15) is 13.2 Å². The van der Waals surface area contributed by atoms with Gasteiger partial charge in [-0.05, 0) is 24.0 Å². The van der Waals surface area contributed by atoms with Crippen LogP contribution >= 0.6 is 0 Å². The number of hydrogen-bond acceptors (Lipinski definition) is 3. The molecule has 0 saturated heterocycles. The molecule has 2 aromatic carbocycles. The molecule has 0 aliphatic heterocycles. The van der Waals surface area contributed by atoms with Gasteiger partial charge in [-0.25, -0.2) is 4.79 Å². The molecule has 124 valence electrons. The first-order valence-corrected chi connectivity index (χ1v) is 8.02. The van der Waals surface area contributed by atoms with Crippen molar-refractivity contribution in [1.82, 2.24) is 0 Å².